The van der Waals surface area contributed by atoms with E-state index in [4.69, 9.17) is 26.8 Å². The van der Waals surface area contributed by atoms with E-state index in [1.54, 1.807) is 12.1 Å². The zero-order chi connectivity index (χ0) is 26.2. The van der Waals surface area contributed by atoms with Gasteiger partial charge in [-0.1, -0.05) is 41.9 Å². The number of nitrogens with one attached hydrogen (secondary N) is 1. The van der Waals surface area contributed by atoms with E-state index in [1.807, 2.05) is 30.3 Å². The minimum Gasteiger partial charge on any atom is -0.494 e. The van der Waals surface area contributed by atoms with Gasteiger partial charge in [0, 0.05) is 40.7 Å². The van der Waals surface area contributed by atoms with Crippen molar-refractivity contribution >= 4 is 17.5 Å². The Labute approximate surface area is 220 Å². The fourth-order valence-electron chi connectivity index (χ4n) is 5.53. The van der Waals surface area contributed by atoms with Gasteiger partial charge in [0.05, 0.1) is 18.8 Å². The molecule has 1 fully saturated rings. The number of benzene rings is 3. The zero-order valence-corrected chi connectivity index (χ0v) is 21.4. The molecule has 1 saturated carbocycles. The maximum absolute atomic E-state index is 15.7. The molecule has 1 aliphatic heterocycles. The number of primary amides is 1. The smallest absolute Gasteiger partial charge is 0.249 e. The van der Waals surface area contributed by atoms with Crippen molar-refractivity contribution in [2.45, 2.75) is 49.9 Å². The second-order valence-electron chi connectivity index (χ2n) is 9.79. The summed E-state index contributed by atoms with van der Waals surface area (Å²) in [6.07, 6.45) is 3.46. The molecule has 0 spiro atoms. The third-order valence-corrected chi connectivity index (χ3v) is 7.82. The van der Waals surface area contributed by atoms with Gasteiger partial charge in [-0.25, -0.2) is 4.39 Å². The molecule has 0 radical (unpaired) electrons. The molecule has 1 aliphatic carbocycles. The first kappa shape index (κ1) is 25.5. The van der Waals surface area contributed by atoms with E-state index in [2.05, 4.69) is 5.32 Å². The van der Waals surface area contributed by atoms with E-state index in [0.717, 1.165) is 31.2 Å². The largest absolute Gasteiger partial charge is 0.494 e. The number of carbonyl (C=O) groups is 1. The number of amides is 1. The molecule has 3 aromatic rings. The number of aliphatic hydroxyl groups is 1. The number of methoxy groups -OCH3 is 1. The highest BCUT2D eigenvalue weighted by atomic mass is 35.5. The monoisotopic (exact) mass is 524 g/mol. The van der Waals surface area contributed by atoms with Crippen molar-refractivity contribution < 1.29 is 23.8 Å². The van der Waals surface area contributed by atoms with Crippen LogP contribution in [-0.2, 0) is 12.0 Å². The van der Waals surface area contributed by atoms with Crippen LogP contribution in [0.15, 0.2) is 54.6 Å². The average Bonchev–Trinajstić information content (AvgIpc) is 3.29. The van der Waals surface area contributed by atoms with Crippen molar-refractivity contribution in [1.29, 1.82) is 0 Å². The van der Waals surface area contributed by atoms with Gasteiger partial charge in [-0.05, 0) is 55.5 Å². The lowest BCUT2D eigenvalue weighted by Gasteiger charge is -2.34. The lowest BCUT2D eigenvalue weighted by atomic mass is 9.84. The van der Waals surface area contributed by atoms with Gasteiger partial charge in [-0.15, -0.1) is 0 Å². The molecule has 8 heteroatoms. The highest BCUT2D eigenvalue weighted by Crippen LogP contribution is 2.49. The summed E-state index contributed by atoms with van der Waals surface area (Å²) in [6.45, 7) is 0.507. The SMILES string of the molecule is COc1ccc(C(N)=O)c(-c2c(Cl)ccc3c2C[C@@](CN[C@H]2CC[C@@H](O)CC2)(c2ccccc2)O3)c1F. The second kappa shape index (κ2) is 10.3. The van der Waals surface area contributed by atoms with Crippen molar-refractivity contribution in [2.24, 2.45) is 5.73 Å². The molecular formula is C29H30ClFN2O4. The lowest BCUT2D eigenvalue weighted by Crippen LogP contribution is -2.46. The zero-order valence-electron chi connectivity index (χ0n) is 20.6. The average molecular weight is 525 g/mol. The van der Waals surface area contributed by atoms with Gasteiger partial charge < -0.3 is 25.6 Å². The molecule has 0 aromatic heterocycles. The van der Waals surface area contributed by atoms with Crippen LogP contribution in [0, 0.1) is 5.82 Å². The molecule has 37 heavy (non-hydrogen) atoms. The normalized spacial score (nSPS) is 22.8. The van der Waals surface area contributed by atoms with Crippen LogP contribution >= 0.6 is 11.6 Å². The number of fused-ring (bicyclic) bond motifs is 1. The Morgan fingerprint density at radius 3 is 2.54 bits per heavy atom. The topological polar surface area (TPSA) is 93.8 Å². The molecule has 194 valence electrons. The molecule has 4 N–H and O–H groups in total. The lowest BCUT2D eigenvalue weighted by molar-refractivity contribution is 0.0762. The van der Waals surface area contributed by atoms with Crippen LogP contribution in [0.1, 0.15) is 47.2 Å². The van der Waals surface area contributed by atoms with Crippen LogP contribution in [0.5, 0.6) is 11.5 Å². The van der Waals surface area contributed by atoms with E-state index in [1.165, 1.54) is 19.2 Å². The number of hydrogen-bond donors (Lipinski definition) is 3. The molecule has 1 amide bonds. The second-order valence-corrected chi connectivity index (χ2v) is 10.2. The van der Waals surface area contributed by atoms with Gasteiger partial charge in [0.2, 0.25) is 5.91 Å². The molecule has 0 unspecified atom stereocenters. The van der Waals surface area contributed by atoms with E-state index >= 15 is 4.39 Å². The van der Waals surface area contributed by atoms with Crippen molar-refractivity contribution in [3.05, 3.63) is 82.1 Å². The molecular weight excluding hydrogens is 495 g/mol. The summed E-state index contributed by atoms with van der Waals surface area (Å²) >= 11 is 6.68. The van der Waals surface area contributed by atoms with Crippen LogP contribution in [0.25, 0.3) is 11.1 Å². The number of ether oxygens (including phenoxy) is 2. The molecule has 1 atom stereocenters. The first-order chi connectivity index (χ1) is 17.8. The van der Waals surface area contributed by atoms with Gasteiger partial charge in [0.25, 0.3) is 0 Å². The van der Waals surface area contributed by atoms with Gasteiger partial charge >= 0.3 is 0 Å². The molecule has 0 saturated heterocycles. The summed E-state index contributed by atoms with van der Waals surface area (Å²) in [5.41, 5.74) is 6.94. The predicted molar refractivity (Wildman–Crippen MR) is 141 cm³/mol. The first-order valence-corrected chi connectivity index (χ1v) is 12.8. The van der Waals surface area contributed by atoms with Gasteiger partial charge in [0.15, 0.2) is 17.2 Å². The summed E-state index contributed by atoms with van der Waals surface area (Å²) in [5.74, 6) is -0.908. The Morgan fingerprint density at radius 2 is 1.86 bits per heavy atom. The number of hydrogen-bond acceptors (Lipinski definition) is 5. The van der Waals surface area contributed by atoms with E-state index < -0.39 is 17.3 Å². The summed E-state index contributed by atoms with van der Waals surface area (Å²) < 4.78 is 27.6. The number of halogens is 2. The molecule has 1 heterocycles. The minimum atomic E-state index is -0.776. The molecule has 6 nitrogen and oxygen atoms in total. The maximum Gasteiger partial charge on any atom is 0.249 e. The summed E-state index contributed by atoms with van der Waals surface area (Å²) in [4.78, 5) is 12.3. The highest BCUT2D eigenvalue weighted by molar-refractivity contribution is 6.34. The van der Waals surface area contributed by atoms with Crippen LogP contribution in [-0.4, -0.2) is 36.8 Å². The van der Waals surface area contributed by atoms with Crippen molar-refractivity contribution in [2.75, 3.05) is 13.7 Å². The van der Waals surface area contributed by atoms with Crippen molar-refractivity contribution in [3.8, 4) is 22.6 Å². The van der Waals surface area contributed by atoms with E-state index in [0.29, 0.717) is 29.8 Å². The maximum atomic E-state index is 15.7. The fourth-order valence-corrected chi connectivity index (χ4v) is 5.80. The molecule has 0 bridgehead atoms. The number of nitrogens with two attached hydrogens (primary N) is 1. The van der Waals surface area contributed by atoms with Crippen molar-refractivity contribution in [1.82, 2.24) is 5.32 Å². The molecule has 5 rings (SSSR count). The molecule has 3 aromatic carbocycles. The Balaban J connectivity index is 1.59. The minimum absolute atomic E-state index is 0.00962. The van der Waals surface area contributed by atoms with E-state index in [9.17, 15) is 9.90 Å². The fraction of sp³-hybridized carbons (Fsp3) is 0.345. The third kappa shape index (κ3) is 4.79. The van der Waals surface area contributed by atoms with E-state index in [-0.39, 0.29) is 34.0 Å². The van der Waals surface area contributed by atoms with Crippen LogP contribution in [0.4, 0.5) is 4.39 Å². The number of carbonyl (C=O) groups excluding carboxylic acids is 1. The Kier molecular flexibility index (Phi) is 7.12. The summed E-state index contributed by atoms with van der Waals surface area (Å²) in [6, 6.07) is 16.4. The molecule has 2 aliphatic rings. The summed E-state index contributed by atoms with van der Waals surface area (Å²) in [5, 5.41) is 13.8. The van der Waals surface area contributed by atoms with Crippen molar-refractivity contribution in [3.63, 3.8) is 0 Å². The van der Waals surface area contributed by atoms with Gasteiger partial charge in [-0.3, -0.25) is 4.79 Å². The Bertz CT molecular complexity index is 1310. The van der Waals surface area contributed by atoms with Gasteiger partial charge in [0.1, 0.15) is 5.75 Å². The quantitative estimate of drug-likeness (QED) is 0.405. The Hall–Kier alpha value is -3.13. The van der Waals surface area contributed by atoms with Crippen LogP contribution in [0.3, 0.4) is 0 Å². The highest BCUT2D eigenvalue weighted by Gasteiger charge is 2.43. The predicted octanol–water partition coefficient (Wildman–Crippen LogP) is 4.98. The van der Waals surface area contributed by atoms with Crippen LogP contribution < -0.4 is 20.5 Å². The van der Waals surface area contributed by atoms with Crippen LogP contribution in [0.2, 0.25) is 5.02 Å². The van der Waals surface area contributed by atoms with Gasteiger partial charge in [-0.2, -0.15) is 0 Å². The standard InChI is InChI=1S/C29H30ClFN2O4/c1-36-24-13-11-20(28(32)35)26(27(24)31)25-21-15-29(17-5-3-2-4-6-17,37-23(21)14-12-22(25)30)16-33-18-7-9-19(34)10-8-18/h2-6,11-14,18-19,33-34H,7-10,15-16H2,1H3,(H2,32,35)/t18-,19+,29-/m1/s1. The Morgan fingerprint density at radius 1 is 1.14 bits per heavy atom. The summed E-state index contributed by atoms with van der Waals surface area (Å²) in [7, 11) is 1.36. The number of rotatable bonds is 7. The first-order valence-electron chi connectivity index (χ1n) is 12.5. The number of aliphatic hydroxyl groups excluding tert-OH is 1. The third-order valence-electron chi connectivity index (χ3n) is 7.50.